The van der Waals surface area contributed by atoms with Gasteiger partial charge in [0.15, 0.2) is 5.78 Å². The first-order valence-electron chi connectivity index (χ1n) is 9.64. The maximum Gasteiger partial charge on any atom is 0.220 e. The molecule has 0 saturated carbocycles. The van der Waals surface area contributed by atoms with E-state index in [1.54, 1.807) is 31.4 Å². The Labute approximate surface area is 157 Å². The summed E-state index contributed by atoms with van der Waals surface area (Å²) < 4.78 is 5.13. The average molecular weight is 360 g/mol. The van der Waals surface area contributed by atoms with Crippen LogP contribution in [0.5, 0.6) is 5.75 Å². The Morgan fingerprint density at radius 1 is 1.23 bits per heavy atom. The minimum Gasteiger partial charge on any atom is -0.497 e. The Balaban J connectivity index is 1.65. The molecule has 1 amide bonds. The average Bonchev–Trinajstić information content (AvgIpc) is 2.65. The SMILES string of the molecule is COc1cccc(C(=O)CCC(=O)NCC2CCN(CC(C)C)CC2)c1. The molecule has 144 valence electrons. The van der Waals surface area contributed by atoms with E-state index in [1.165, 1.54) is 0 Å². The summed E-state index contributed by atoms with van der Waals surface area (Å²) in [7, 11) is 1.57. The van der Waals surface area contributed by atoms with Gasteiger partial charge >= 0.3 is 0 Å². The molecule has 1 heterocycles. The zero-order chi connectivity index (χ0) is 18.9. The van der Waals surface area contributed by atoms with Crippen LogP contribution in [0, 0.1) is 11.8 Å². The Kier molecular flexibility index (Phi) is 8.10. The summed E-state index contributed by atoms with van der Waals surface area (Å²) in [6.45, 7) is 8.62. The summed E-state index contributed by atoms with van der Waals surface area (Å²) in [5.74, 6) is 1.85. The highest BCUT2D eigenvalue weighted by molar-refractivity contribution is 5.98. The normalized spacial score (nSPS) is 15.8. The minimum atomic E-state index is -0.0362. The van der Waals surface area contributed by atoms with Crippen LogP contribution in [0.15, 0.2) is 24.3 Å². The highest BCUT2D eigenvalue weighted by atomic mass is 16.5. The molecule has 0 spiro atoms. The first kappa shape index (κ1) is 20.4. The third kappa shape index (κ3) is 6.79. The topological polar surface area (TPSA) is 58.6 Å². The molecule has 2 rings (SSSR count). The summed E-state index contributed by atoms with van der Waals surface area (Å²) >= 11 is 0. The molecule has 1 N–H and O–H groups in total. The van der Waals surface area contributed by atoms with Gasteiger partial charge in [-0.25, -0.2) is 0 Å². The van der Waals surface area contributed by atoms with Crippen LogP contribution in [0.25, 0.3) is 0 Å². The number of ether oxygens (including phenoxy) is 1. The standard InChI is InChI=1S/C21H32N2O3/c1-16(2)15-23-11-9-17(10-12-23)14-22-21(25)8-7-20(24)18-5-4-6-19(13-18)26-3/h4-6,13,16-17H,7-12,14-15H2,1-3H3,(H,22,25). The van der Waals surface area contributed by atoms with Crippen LogP contribution in [0.3, 0.4) is 0 Å². The van der Waals surface area contributed by atoms with Crippen molar-refractivity contribution in [2.45, 2.75) is 39.5 Å². The van der Waals surface area contributed by atoms with Crippen LogP contribution in [-0.4, -0.2) is 49.9 Å². The van der Waals surface area contributed by atoms with Crippen LogP contribution in [0.4, 0.5) is 0 Å². The predicted molar refractivity (Wildman–Crippen MR) is 104 cm³/mol. The zero-order valence-corrected chi connectivity index (χ0v) is 16.3. The maximum absolute atomic E-state index is 12.2. The summed E-state index contributed by atoms with van der Waals surface area (Å²) in [4.78, 5) is 26.8. The number of nitrogens with one attached hydrogen (secondary N) is 1. The lowest BCUT2D eigenvalue weighted by Crippen LogP contribution is -2.40. The number of hydrogen-bond donors (Lipinski definition) is 1. The van der Waals surface area contributed by atoms with Gasteiger partial charge in [0.1, 0.15) is 5.75 Å². The number of hydrogen-bond acceptors (Lipinski definition) is 4. The van der Waals surface area contributed by atoms with Gasteiger partial charge in [-0.3, -0.25) is 9.59 Å². The van der Waals surface area contributed by atoms with Crippen molar-refractivity contribution in [2.24, 2.45) is 11.8 Å². The van der Waals surface area contributed by atoms with Gasteiger partial charge in [0.05, 0.1) is 7.11 Å². The van der Waals surface area contributed by atoms with E-state index >= 15 is 0 Å². The van der Waals surface area contributed by atoms with E-state index in [0.29, 0.717) is 23.1 Å². The van der Waals surface area contributed by atoms with E-state index < -0.39 is 0 Å². The van der Waals surface area contributed by atoms with Crippen molar-refractivity contribution in [1.82, 2.24) is 10.2 Å². The number of nitrogens with zero attached hydrogens (tertiary/aromatic N) is 1. The zero-order valence-electron chi connectivity index (χ0n) is 16.3. The summed E-state index contributed by atoms with van der Waals surface area (Å²) in [5, 5.41) is 3.00. The van der Waals surface area contributed by atoms with E-state index in [2.05, 4.69) is 24.1 Å². The molecule has 0 bridgehead atoms. The van der Waals surface area contributed by atoms with Crippen molar-refractivity contribution in [2.75, 3.05) is 33.3 Å². The molecule has 26 heavy (non-hydrogen) atoms. The Hall–Kier alpha value is -1.88. The van der Waals surface area contributed by atoms with Crippen LogP contribution >= 0.6 is 0 Å². The van der Waals surface area contributed by atoms with Gasteiger partial charge in [-0.15, -0.1) is 0 Å². The number of methoxy groups -OCH3 is 1. The number of carbonyl (C=O) groups excluding carboxylic acids is 2. The second kappa shape index (κ2) is 10.3. The van der Waals surface area contributed by atoms with E-state index in [0.717, 1.165) is 39.0 Å². The number of Topliss-reactive ketones (excluding diaryl/α,β-unsaturated/α-hetero) is 1. The van der Waals surface area contributed by atoms with Gasteiger partial charge in [0, 0.05) is 31.5 Å². The third-order valence-electron chi connectivity index (χ3n) is 4.89. The van der Waals surface area contributed by atoms with Crippen LogP contribution in [-0.2, 0) is 4.79 Å². The summed E-state index contributed by atoms with van der Waals surface area (Å²) in [6, 6.07) is 7.06. The number of ketones is 1. The largest absolute Gasteiger partial charge is 0.497 e. The van der Waals surface area contributed by atoms with E-state index in [-0.39, 0.29) is 24.5 Å². The van der Waals surface area contributed by atoms with Crippen LogP contribution in [0.2, 0.25) is 0 Å². The molecule has 1 saturated heterocycles. The molecule has 0 aromatic heterocycles. The Morgan fingerprint density at radius 3 is 2.62 bits per heavy atom. The summed E-state index contributed by atoms with van der Waals surface area (Å²) in [6.07, 6.45) is 2.74. The van der Waals surface area contributed by atoms with Crippen molar-refractivity contribution in [1.29, 1.82) is 0 Å². The van der Waals surface area contributed by atoms with Gasteiger partial charge in [-0.1, -0.05) is 26.0 Å². The van der Waals surface area contributed by atoms with E-state index in [1.807, 2.05) is 0 Å². The number of amides is 1. The van der Waals surface area contributed by atoms with Gasteiger partial charge in [0.25, 0.3) is 0 Å². The second-order valence-electron chi connectivity index (χ2n) is 7.60. The first-order chi connectivity index (χ1) is 12.5. The number of benzene rings is 1. The van der Waals surface area contributed by atoms with Gasteiger partial charge in [-0.05, 0) is 49.9 Å². The van der Waals surface area contributed by atoms with Gasteiger partial charge in [-0.2, -0.15) is 0 Å². The molecule has 0 atom stereocenters. The van der Waals surface area contributed by atoms with Gasteiger partial charge < -0.3 is 15.0 Å². The maximum atomic E-state index is 12.2. The van der Waals surface area contributed by atoms with Crippen molar-refractivity contribution >= 4 is 11.7 Å². The number of piperidine rings is 1. The molecule has 5 nitrogen and oxygen atoms in total. The first-order valence-corrected chi connectivity index (χ1v) is 9.64. The summed E-state index contributed by atoms with van der Waals surface area (Å²) in [5.41, 5.74) is 0.592. The Bertz CT molecular complexity index is 593. The molecular formula is C21H32N2O3. The van der Waals surface area contributed by atoms with Crippen molar-refractivity contribution in [3.05, 3.63) is 29.8 Å². The van der Waals surface area contributed by atoms with Crippen molar-refractivity contribution in [3.8, 4) is 5.75 Å². The fourth-order valence-corrected chi connectivity index (χ4v) is 3.40. The molecule has 1 aliphatic heterocycles. The lowest BCUT2D eigenvalue weighted by molar-refractivity contribution is -0.121. The van der Waals surface area contributed by atoms with E-state index in [9.17, 15) is 9.59 Å². The number of rotatable bonds is 9. The molecule has 1 aliphatic rings. The molecule has 1 aromatic carbocycles. The fraction of sp³-hybridized carbons (Fsp3) is 0.619. The monoisotopic (exact) mass is 360 g/mol. The Morgan fingerprint density at radius 2 is 1.96 bits per heavy atom. The highest BCUT2D eigenvalue weighted by Gasteiger charge is 2.20. The quantitative estimate of drug-likeness (QED) is 0.687. The molecule has 5 heteroatoms. The molecular weight excluding hydrogens is 328 g/mol. The minimum absolute atomic E-state index is 0.0268. The van der Waals surface area contributed by atoms with Crippen molar-refractivity contribution in [3.63, 3.8) is 0 Å². The van der Waals surface area contributed by atoms with E-state index in [4.69, 9.17) is 4.74 Å². The lowest BCUT2D eigenvalue weighted by Gasteiger charge is -2.33. The van der Waals surface area contributed by atoms with Crippen molar-refractivity contribution < 1.29 is 14.3 Å². The van der Waals surface area contributed by atoms with Crippen LogP contribution < -0.4 is 10.1 Å². The predicted octanol–water partition coefficient (Wildman–Crippen LogP) is 3.14. The number of likely N-dealkylation sites (tertiary alicyclic amines) is 1. The number of carbonyl (C=O) groups is 2. The molecule has 0 unspecified atom stereocenters. The fourth-order valence-electron chi connectivity index (χ4n) is 3.40. The molecule has 0 radical (unpaired) electrons. The molecule has 1 aromatic rings. The third-order valence-corrected chi connectivity index (χ3v) is 4.89. The molecule has 1 fully saturated rings. The smallest absolute Gasteiger partial charge is 0.220 e. The highest BCUT2D eigenvalue weighted by Crippen LogP contribution is 2.18. The lowest BCUT2D eigenvalue weighted by atomic mass is 9.96. The van der Waals surface area contributed by atoms with Gasteiger partial charge in [0.2, 0.25) is 5.91 Å². The van der Waals surface area contributed by atoms with Crippen LogP contribution in [0.1, 0.15) is 49.9 Å². The second-order valence-corrected chi connectivity index (χ2v) is 7.60. The molecule has 0 aliphatic carbocycles.